The number of hydrogen-bond acceptors (Lipinski definition) is 3. The maximum atomic E-state index is 4.86. The lowest BCUT2D eigenvalue weighted by molar-refractivity contribution is 0.336. The van der Waals surface area contributed by atoms with E-state index in [9.17, 15) is 0 Å². The second-order valence-electron chi connectivity index (χ2n) is 8.13. The smallest absolute Gasteiger partial charge is 0.137 e. The third-order valence-corrected chi connectivity index (χ3v) is 5.81. The van der Waals surface area contributed by atoms with Gasteiger partial charge in [0.15, 0.2) is 0 Å². The number of nitrogens with zero attached hydrogens (tertiary/aromatic N) is 3. The molecule has 0 amide bonds. The molecule has 3 aromatic carbocycles. The minimum atomic E-state index is 0.00412. The Morgan fingerprint density at radius 1 is 0.818 bits per heavy atom. The predicted molar refractivity (Wildman–Crippen MR) is 135 cm³/mol. The second kappa shape index (κ2) is 9.53. The fraction of sp³-hybridized carbons (Fsp3) is 0.103. The van der Waals surface area contributed by atoms with Crippen molar-refractivity contribution in [1.29, 1.82) is 0 Å². The molecule has 4 nitrogen and oxygen atoms in total. The Kier molecular flexibility index (Phi) is 5.98. The molecule has 2 heterocycles. The number of aryl methyl sites for hydroxylation is 1. The first-order valence-corrected chi connectivity index (χ1v) is 11.2. The van der Waals surface area contributed by atoms with E-state index in [0.717, 1.165) is 34.8 Å². The van der Waals surface area contributed by atoms with Crippen LogP contribution in [0, 0.1) is 6.92 Å². The Labute approximate surface area is 194 Å². The first kappa shape index (κ1) is 20.7. The minimum Gasteiger partial charge on any atom is -0.342 e. The summed E-state index contributed by atoms with van der Waals surface area (Å²) in [5.74, 6) is 0.902. The van der Waals surface area contributed by atoms with E-state index in [0.29, 0.717) is 0 Å². The van der Waals surface area contributed by atoms with Gasteiger partial charge in [-0.3, -0.25) is 5.01 Å². The Morgan fingerprint density at radius 2 is 1.42 bits per heavy atom. The van der Waals surface area contributed by atoms with Gasteiger partial charge in [0, 0.05) is 23.9 Å². The highest BCUT2D eigenvalue weighted by Gasteiger charge is 2.20. The molecule has 4 aromatic rings. The van der Waals surface area contributed by atoms with Crippen LogP contribution in [0.3, 0.4) is 0 Å². The number of imidazole rings is 1. The molecule has 0 bridgehead atoms. The topological polar surface area (TPSA) is 44.3 Å². The molecule has 33 heavy (non-hydrogen) atoms. The maximum absolute atomic E-state index is 4.86. The Hall–Kier alpha value is -4.18. The Bertz CT molecular complexity index is 1250. The van der Waals surface area contributed by atoms with Crippen molar-refractivity contribution in [3.8, 4) is 11.4 Å². The first-order chi connectivity index (χ1) is 16.3. The van der Waals surface area contributed by atoms with Gasteiger partial charge in [0.2, 0.25) is 0 Å². The van der Waals surface area contributed by atoms with Gasteiger partial charge in [-0.1, -0.05) is 97.1 Å². The highest BCUT2D eigenvalue weighted by Crippen LogP contribution is 2.30. The van der Waals surface area contributed by atoms with Crippen molar-refractivity contribution in [3.05, 3.63) is 137 Å². The van der Waals surface area contributed by atoms with Crippen LogP contribution < -0.4 is 0 Å². The van der Waals surface area contributed by atoms with E-state index in [1.165, 1.54) is 11.1 Å². The van der Waals surface area contributed by atoms with Crippen LogP contribution in [0.1, 0.15) is 28.6 Å². The highest BCUT2D eigenvalue weighted by molar-refractivity contribution is 5.80. The summed E-state index contributed by atoms with van der Waals surface area (Å²) in [4.78, 5) is 8.28. The number of allylic oxidation sites excluding steroid dienone is 3. The van der Waals surface area contributed by atoms with E-state index in [2.05, 4.69) is 84.7 Å². The van der Waals surface area contributed by atoms with Gasteiger partial charge < -0.3 is 4.98 Å². The quantitative estimate of drug-likeness (QED) is 0.382. The fourth-order valence-corrected chi connectivity index (χ4v) is 4.10. The standard InChI is InChI=1S/C29H26N4/c1-22-27(32-29(31-22)26-17-9-4-10-18-26)20-23-12-11-19-33(30-21-23)28(24-13-5-2-6-14-24)25-15-7-3-8-16-25/h2-19,21,28H,20H2,1H3,(H,31,32). The molecule has 0 aliphatic carbocycles. The molecule has 1 aromatic heterocycles. The third kappa shape index (κ3) is 4.70. The van der Waals surface area contributed by atoms with Crippen LogP contribution in [0.25, 0.3) is 11.4 Å². The molecule has 0 unspecified atom stereocenters. The zero-order chi connectivity index (χ0) is 22.5. The molecule has 1 N–H and O–H groups in total. The summed E-state index contributed by atoms with van der Waals surface area (Å²) in [6.45, 7) is 2.08. The van der Waals surface area contributed by atoms with Gasteiger partial charge in [0.1, 0.15) is 11.9 Å². The summed E-state index contributed by atoms with van der Waals surface area (Å²) in [6, 6.07) is 31.2. The molecule has 0 saturated heterocycles. The molecule has 162 valence electrons. The van der Waals surface area contributed by atoms with Crippen LogP contribution in [0.5, 0.6) is 0 Å². The molecule has 1 aliphatic heterocycles. The van der Waals surface area contributed by atoms with E-state index < -0.39 is 0 Å². The summed E-state index contributed by atoms with van der Waals surface area (Å²) in [7, 11) is 0. The van der Waals surface area contributed by atoms with Gasteiger partial charge in [-0.15, -0.1) is 0 Å². The zero-order valence-electron chi connectivity index (χ0n) is 18.6. The van der Waals surface area contributed by atoms with Crippen molar-refractivity contribution in [1.82, 2.24) is 15.0 Å². The fourth-order valence-electron chi connectivity index (χ4n) is 4.10. The summed E-state index contributed by atoms with van der Waals surface area (Å²) in [6.07, 6.45) is 8.91. The largest absolute Gasteiger partial charge is 0.342 e. The SMILES string of the molecule is Cc1[nH]c(-c2ccccc2)nc1CC1=CC=CN(C(c2ccccc2)c2ccccc2)N=C1. The number of nitrogens with one attached hydrogen (secondary N) is 1. The summed E-state index contributed by atoms with van der Waals surface area (Å²) >= 11 is 0. The van der Waals surface area contributed by atoms with E-state index in [1.54, 1.807) is 0 Å². The van der Waals surface area contributed by atoms with Gasteiger partial charge in [0.25, 0.3) is 0 Å². The van der Waals surface area contributed by atoms with Crippen molar-refractivity contribution < 1.29 is 0 Å². The van der Waals surface area contributed by atoms with E-state index in [4.69, 9.17) is 10.1 Å². The van der Waals surface area contributed by atoms with Gasteiger partial charge in [0.05, 0.1) is 11.9 Å². The van der Waals surface area contributed by atoms with Crippen LogP contribution in [-0.4, -0.2) is 21.2 Å². The Morgan fingerprint density at radius 3 is 2.06 bits per heavy atom. The van der Waals surface area contributed by atoms with Crippen LogP contribution in [-0.2, 0) is 6.42 Å². The molecule has 4 heteroatoms. The van der Waals surface area contributed by atoms with Crippen LogP contribution in [0.15, 0.2) is 120 Å². The van der Waals surface area contributed by atoms with Gasteiger partial charge >= 0.3 is 0 Å². The predicted octanol–water partition coefficient (Wildman–Crippen LogP) is 6.46. The molecular formula is C29H26N4. The van der Waals surface area contributed by atoms with Crippen LogP contribution in [0.2, 0.25) is 0 Å². The number of hydrogen-bond donors (Lipinski definition) is 1. The molecule has 0 fully saturated rings. The number of hydrazone groups is 1. The summed E-state index contributed by atoms with van der Waals surface area (Å²) in [5, 5.41) is 6.89. The van der Waals surface area contributed by atoms with Gasteiger partial charge in [-0.05, 0) is 29.7 Å². The van der Waals surface area contributed by atoms with Crippen molar-refractivity contribution in [2.45, 2.75) is 19.4 Å². The number of benzene rings is 3. The second-order valence-corrected chi connectivity index (χ2v) is 8.13. The van der Waals surface area contributed by atoms with E-state index in [-0.39, 0.29) is 6.04 Å². The normalized spacial score (nSPS) is 13.3. The van der Waals surface area contributed by atoms with Crippen molar-refractivity contribution in [2.24, 2.45) is 5.10 Å². The minimum absolute atomic E-state index is 0.00412. The molecule has 0 saturated carbocycles. The average Bonchev–Trinajstić information content (AvgIpc) is 3.08. The molecule has 0 atom stereocenters. The lowest BCUT2D eigenvalue weighted by Crippen LogP contribution is -2.19. The molecule has 5 rings (SSSR count). The van der Waals surface area contributed by atoms with Crippen LogP contribution >= 0.6 is 0 Å². The summed E-state index contributed by atoms with van der Waals surface area (Å²) in [5.41, 5.74) is 6.72. The number of H-pyrrole nitrogens is 1. The molecule has 0 spiro atoms. The van der Waals surface area contributed by atoms with Gasteiger partial charge in [-0.2, -0.15) is 5.10 Å². The monoisotopic (exact) mass is 430 g/mol. The van der Waals surface area contributed by atoms with E-state index >= 15 is 0 Å². The van der Waals surface area contributed by atoms with Crippen molar-refractivity contribution >= 4 is 6.21 Å². The summed E-state index contributed by atoms with van der Waals surface area (Å²) < 4.78 is 0. The van der Waals surface area contributed by atoms with Gasteiger partial charge in [-0.25, -0.2) is 4.98 Å². The first-order valence-electron chi connectivity index (χ1n) is 11.2. The lowest BCUT2D eigenvalue weighted by Gasteiger charge is -2.27. The highest BCUT2D eigenvalue weighted by atomic mass is 15.5. The number of aromatic amines is 1. The molecule has 0 radical (unpaired) electrons. The Balaban J connectivity index is 1.39. The van der Waals surface area contributed by atoms with Crippen LogP contribution in [0.4, 0.5) is 0 Å². The molecular weight excluding hydrogens is 404 g/mol. The average molecular weight is 431 g/mol. The number of rotatable bonds is 6. The number of aromatic nitrogens is 2. The zero-order valence-corrected chi connectivity index (χ0v) is 18.6. The molecule has 1 aliphatic rings. The lowest BCUT2D eigenvalue weighted by atomic mass is 9.98. The van der Waals surface area contributed by atoms with Crippen molar-refractivity contribution in [2.75, 3.05) is 0 Å². The maximum Gasteiger partial charge on any atom is 0.137 e. The van der Waals surface area contributed by atoms with Crippen molar-refractivity contribution in [3.63, 3.8) is 0 Å². The third-order valence-electron chi connectivity index (χ3n) is 5.81. The van der Waals surface area contributed by atoms with E-state index in [1.807, 2.05) is 47.8 Å².